The van der Waals surface area contributed by atoms with Gasteiger partial charge in [0.05, 0.1) is 10.7 Å². The number of anilines is 1. The van der Waals surface area contributed by atoms with Crippen molar-refractivity contribution < 1.29 is 4.79 Å². The zero-order chi connectivity index (χ0) is 13.1. The third kappa shape index (κ3) is 3.34. The van der Waals surface area contributed by atoms with Crippen LogP contribution in [0.2, 0.25) is 10.0 Å². The summed E-state index contributed by atoms with van der Waals surface area (Å²) in [5.41, 5.74) is 0.625. The number of benzene rings is 1. The molecule has 1 aromatic rings. The van der Waals surface area contributed by atoms with E-state index in [0.29, 0.717) is 15.7 Å². The van der Waals surface area contributed by atoms with Crippen LogP contribution in [0.4, 0.5) is 5.69 Å². The van der Waals surface area contributed by atoms with E-state index in [1.807, 2.05) is 0 Å². The summed E-state index contributed by atoms with van der Waals surface area (Å²) in [6.45, 7) is 0. The second-order valence-electron chi connectivity index (χ2n) is 4.20. The molecular weight excluding hydrogens is 291 g/mol. The Morgan fingerprint density at radius 3 is 2.61 bits per heavy atom. The molecule has 0 aliphatic heterocycles. The molecule has 0 radical (unpaired) electrons. The lowest BCUT2D eigenvalue weighted by atomic mass is 9.85. The molecule has 0 bridgehead atoms. The first-order valence-corrected chi connectivity index (χ1v) is 6.79. The minimum absolute atomic E-state index is 0.0242. The number of hydrogen-bond acceptors (Lipinski definition) is 2. The number of amides is 1. The molecule has 2 N–H and O–H groups in total. The standard InChI is InChI=1S/C12H12Cl2N2OS/c13-8-4-5-10(9(14)6-8)15-12(18)16-11(17)7-2-1-3-7/h4-7H,1-3H2,(H2,15,16,17,18). The highest BCUT2D eigenvalue weighted by atomic mass is 35.5. The van der Waals surface area contributed by atoms with Gasteiger partial charge in [0.25, 0.3) is 0 Å². The molecule has 96 valence electrons. The summed E-state index contributed by atoms with van der Waals surface area (Å²) in [5, 5.41) is 6.81. The molecule has 1 aliphatic rings. The first-order valence-electron chi connectivity index (χ1n) is 5.63. The molecule has 3 nitrogen and oxygen atoms in total. The first kappa shape index (κ1) is 13.6. The Bertz CT molecular complexity index is 489. The zero-order valence-electron chi connectivity index (χ0n) is 9.50. The predicted molar refractivity (Wildman–Crippen MR) is 78.2 cm³/mol. The van der Waals surface area contributed by atoms with Gasteiger partial charge in [-0.15, -0.1) is 0 Å². The molecule has 0 aromatic heterocycles. The Balaban J connectivity index is 1.92. The van der Waals surface area contributed by atoms with Crippen molar-refractivity contribution in [2.45, 2.75) is 19.3 Å². The lowest BCUT2D eigenvalue weighted by molar-refractivity contribution is -0.125. The van der Waals surface area contributed by atoms with Crippen LogP contribution in [0.3, 0.4) is 0 Å². The third-order valence-corrected chi connectivity index (χ3v) is 3.64. The fourth-order valence-corrected chi connectivity index (χ4v) is 2.30. The monoisotopic (exact) mass is 302 g/mol. The van der Waals surface area contributed by atoms with E-state index in [9.17, 15) is 4.79 Å². The normalized spacial score (nSPS) is 14.8. The second-order valence-corrected chi connectivity index (χ2v) is 5.45. The molecule has 18 heavy (non-hydrogen) atoms. The summed E-state index contributed by atoms with van der Waals surface area (Å²) < 4.78 is 0. The number of carbonyl (C=O) groups is 1. The maximum atomic E-state index is 11.7. The topological polar surface area (TPSA) is 41.1 Å². The molecule has 0 heterocycles. The third-order valence-electron chi connectivity index (χ3n) is 2.89. The van der Waals surface area contributed by atoms with Gasteiger partial charge in [0.1, 0.15) is 0 Å². The van der Waals surface area contributed by atoms with Crippen LogP contribution in [0.5, 0.6) is 0 Å². The van der Waals surface area contributed by atoms with E-state index in [2.05, 4.69) is 10.6 Å². The Morgan fingerprint density at radius 1 is 1.33 bits per heavy atom. The molecule has 0 spiro atoms. The van der Waals surface area contributed by atoms with Crippen molar-refractivity contribution in [3.8, 4) is 0 Å². The Kier molecular flexibility index (Phi) is 4.43. The quantitative estimate of drug-likeness (QED) is 0.820. The van der Waals surface area contributed by atoms with Crippen LogP contribution in [-0.2, 0) is 4.79 Å². The largest absolute Gasteiger partial charge is 0.331 e. The summed E-state index contributed by atoms with van der Waals surface area (Å²) in [6, 6.07) is 5.03. The lowest BCUT2D eigenvalue weighted by Gasteiger charge is -2.24. The van der Waals surface area contributed by atoms with Gasteiger partial charge in [-0.1, -0.05) is 29.6 Å². The Hall–Kier alpha value is -0.840. The van der Waals surface area contributed by atoms with Crippen LogP contribution in [0, 0.1) is 5.92 Å². The van der Waals surface area contributed by atoms with Gasteiger partial charge in [-0.2, -0.15) is 0 Å². The fourth-order valence-electron chi connectivity index (χ4n) is 1.63. The molecule has 1 aromatic carbocycles. The maximum Gasteiger partial charge on any atom is 0.229 e. The van der Waals surface area contributed by atoms with Crippen molar-refractivity contribution in [1.29, 1.82) is 0 Å². The molecule has 2 rings (SSSR count). The SMILES string of the molecule is O=C(NC(=S)Nc1ccc(Cl)cc1Cl)C1CCC1. The minimum Gasteiger partial charge on any atom is -0.331 e. The van der Waals surface area contributed by atoms with Gasteiger partial charge in [-0.25, -0.2) is 0 Å². The number of carbonyl (C=O) groups excluding carboxylic acids is 1. The number of hydrogen-bond donors (Lipinski definition) is 2. The summed E-state index contributed by atoms with van der Waals surface area (Å²) in [7, 11) is 0. The van der Waals surface area contributed by atoms with E-state index in [1.165, 1.54) is 0 Å². The average molecular weight is 303 g/mol. The number of halogens is 2. The highest BCUT2D eigenvalue weighted by molar-refractivity contribution is 7.80. The van der Waals surface area contributed by atoms with E-state index in [0.717, 1.165) is 19.3 Å². The van der Waals surface area contributed by atoms with Crippen molar-refractivity contribution in [1.82, 2.24) is 5.32 Å². The van der Waals surface area contributed by atoms with Crippen molar-refractivity contribution in [3.05, 3.63) is 28.2 Å². The van der Waals surface area contributed by atoms with E-state index in [1.54, 1.807) is 18.2 Å². The lowest BCUT2D eigenvalue weighted by Crippen LogP contribution is -2.40. The molecule has 0 atom stereocenters. The van der Waals surface area contributed by atoms with E-state index in [-0.39, 0.29) is 16.9 Å². The number of rotatable bonds is 2. The summed E-state index contributed by atoms with van der Waals surface area (Å²) in [6.07, 6.45) is 2.99. The molecule has 1 aliphatic carbocycles. The maximum absolute atomic E-state index is 11.7. The van der Waals surface area contributed by atoms with Crippen molar-refractivity contribution in [2.24, 2.45) is 5.92 Å². The highest BCUT2D eigenvalue weighted by Gasteiger charge is 2.25. The van der Waals surface area contributed by atoms with Crippen LogP contribution in [0.25, 0.3) is 0 Å². The fraction of sp³-hybridized carbons (Fsp3) is 0.333. The van der Waals surface area contributed by atoms with Crippen molar-refractivity contribution in [2.75, 3.05) is 5.32 Å². The molecule has 1 amide bonds. The molecule has 0 saturated heterocycles. The van der Waals surface area contributed by atoms with E-state index in [4.69, 9.17) is 35.4 Å². The number of nitrogens with one attached hydrogen (secondary N) is 2. The second kappa shape index (κ2) is 5.87. The van der Waals surface area contributed by atoms with Gasteiger partial charge in [-0.05, 0) is 43.3 Å². The summed E-state index contributed by atoms with van der Waals surface area (Å²) in [4.78, 5) is 11.7. The molecule has 0 unspecified atom stereocenters. The molecular formula is C12H12Cl2N2OS. The summed E-state index contributed by atoms with van der Waals surface area (Å²) in [5.74, 6) is 0.0780. The Morgan fingerprint density at radius 2 is 2.06 bits per heavy atom. The van der Waals surface area contributed by atoms with Crippen molar-refractivity contribution >= 4 is 52.1 Å². The van der Waals surface area contributed by atoms with Crippen LogP contribution in [-0.4, -0.2) is 11.0 Å². The van der Waals surface area contributed by atoms with E-state index < -0.39 is 0 Å². The zero-order valence-corrected chi connectivity index (χ0v) is 11.8. The van der Waals surface area contributed by atoms with Crippen molar-refractivity contribution in [3.63, 3.8) is 0 Å². The first-order chi connectivity index (χ1) is 8.56. The van der Waals surface area contributed by atoms with Crippen LogP contribution >= 0.6 is 35.4 Å². The molecule has 1 saturated carbocycles. The van der Waals surface area contributed by atoms with Crippen LogP contribution in [0.1, 0.15) is 19.3 Å². The predicted octanol–water partition coefficient (Wildman–Crippen LogP) is 3.61. The van der Waals surface area contributed by atoms with Gasteiger partial charge in [0, 0.05) is 10.9 Å². The Labute approximate surface area is 121 Å². The van der Waals surface area contributed by atoms with Crippen LogP contribution in [0.15, 0.2) is 18.2 Å². The summed E-state index contributed by atoms with van der Waals surface area (Å²) >= 11 is 16.8. The molecule has 6 heteroatoms. The minimum atomic E-state index is -0.0242. The van der Waals surface area contributed by atoms with E-state index >= 15 is 0 Å². The van der Waals surface area contributed by atoms with Gasteiger partial charge in [0.15, 0.2) is 5.11 Å². The van der Waals surface area contributed by atoms with Gasteiger partial charge < -0.3 is 10.6 Å². The van der Waals surface area contributed by atoms with Gasteiger partial charge >= 0.3 is 0 Å². The van der Waals surface area contributed by atoms with Gasteiger partial charge in [-0.3, -0.25) is 4.79 Å². The van der Waals surface area contributed by atoms with Gasteiger partial charge in [0.2, 0.25) is 5.91 Å². The smallest absolute Gasteiger partial charge is 0.229 e. The van der Waals surface area contributed by atoms with Crippen LogP contribution < -0.4 is 10.6 Å². The number of thiocarbonyl (C=S) groups is 1. The molecule has 1 fully saturated rings. The highest BCUT2D eigenvalue weighted by Crippen LogP contribution is 2.27. The average Bonchev–Trinajstić information content (AvgIpc) is 2.19.